The van der Waals surface area contributed by atoms with Gasteiger partial charge in [-0.25, -0.2) is 0 Å². The van der Waals surface area contributed by atoms with Crippen LogP contribution in [0.1, 0.15) is 97.3 Å². The van der Waals surface area contributed by atoms with Crippen LogP contribution >= 0.6 is 0 Å². The van der Waals surface area contributed by atoms with Gasteiger partial charge in [-0.1, -0.05) is 71.6 Å². The molecule has 0 heterocycles. The molecule has 132 valence electrons. The van der Waals surface area contributed by atoms with Crippen LogP contribution in [-0.4, -0.2) is 22.2 Å². The number of rotatable bonds is 14. The van der Waals surface area contributed by atoms with Gasteiger partial charge in [0.05, 0.1) is 12.8 Å². The average Bonchev–Trinajstić information content (AvgIpc) is 2.48. The Labute approximate surface area is 164 Å². The second kappa shape index (κ2) is 24.2. The predicted molar refractivity (Wildman–Crippen MR) is 90.9 cm³/mol. The Balaban J connectivity index is -0.000000382. The van der Waals surface area contributed by atoms with Crippen LogP contribution in [0.4, 0.5) is 0 Å². The van der Waals surface area contributed by atoms with Gasteiger partial charge < -0.3 is 16.6 Å². The van der Waals surface area contributed by atoms with Crippen LogP contribution in [0.3, 0.4) is 0 Å². The first-order chi connectivity index (χ1) is 10.5. The molecule has 0 unspecified atom stereocenters. The maximum Gasteiger partial charge on any atom is 1.00 e. The molecule has 0 saturated heterocycles. The number of carboxylic acids is 2. The van der Waals surface area contributed by atoms with Gasteiger partial charge in [0.25, 0.3) is 0 Å². The number of unbranched alkanes of at least 4 members (excludes halogenated alkanes) is 11. The van der Waals surface area contributed by atoms with Crippen molar-refractivity contribution in [1.29, 1.82) is 0 Å². The Hall–Kier alpha value is -0.0600. The smallest absolute Gasteiger partial charge is 0.481 e. The van der Waals surface area contributed by atoms with Crippen molar-refractivity contribution < 1.29 is 49.4 Å². The summed E-state index contributed by atoms with van der Waals surface area (Å²) in [5, 5.41) is 15.8. The molecule has 0 fully saturated rings. The van der Waals surface area contributed by atoms with Gasteiger partial charge in [-0.3, -0.25) is 9.59 Å². The quantitative estimate of drug-likeness (QED) is 0.290. The molecule has 0 spiro atoms. The number of carbonyl (C=O) groups is 2. The van der Waals surface area contributed by atoms with E-state index in [1.54, 1.807) is 0 Å². The molecule has 5 heteroatoms. The fourth-order valence-corrected chi connectivity index (χ4v) is 2.02. The van der Waals surface area contributed by atoms with E-state index in [-0.39, 0.29) is 42.4 Å². The third-order valence-corrected chi connectivity index (χ3v) is 3.35. The molecule has 0 aliphatic rings. The largest absolute Gasteiger partial charge is 1.00 e. The summed E-state index contributed by atoms with van der Waals surface area (Å²) in [4.78, 5) is 19.3. The molecule has 0 aromatic carbocycles. The van der Waals surface area contributed by atoms with E-state index >= 15 is 0 Å². The molecule has 0 rings (SSSR count). The minimum Gasteiger partial charge on any atom is -0.481 e. The van der Waals surface area contributed by atoms with Crippen LogP contribution in [0.15, 0.2) is 0 Å². The van der Waals surface area contributed by atoms with E-state index in [9.17, 15) is 9.59 Å². The van der Waals surface area contributed by atoms with Crippen molar-refractivity contribution in [1.82, 2.24) is 0 Å². The van der Waals surface area contributed by atoms with Gasteiger partial charge in [0.2, 0.25) is 0 Å². The van der Waals surface area contributed by atoms with Crippen LogP contribution < -0.4 is 29.6 Å². The molecular weight excluding hydrogens is 303 g/mol. The van der Waals surface area contributed by atoms with Crippen molar-refractivity contribution in [3.05, 3.63) is 6.42 Å². The van der Waals surface area contributed by atoms with Crippen LogP contribution in [0.25, 0.3) is 0 Å². The van der Waals surface area contributed by atoms with Crippen molar-refractivity contribution >= 4 is 11.9 Å². The first-order valence-corrected chi connectivity index (χ1v) is 8.79. The molecule has 0 aromatic rings. The molecule has 23 heavy (non-hydrogen) atoms. The fraction of sp³-hybridized carbons (Fsp3) is 0.833. The molecule has 4 nitrogen and oxygen atoms in total. The third-order valence-electron chi connectivity index (χ3n) is 3.35. The van der Waals surface area contributed by atoms with Crippen LogP contribution in [0.5, 0.6) is 0 Å². The van der Waals surface area contributed by atoms with Gasteiger partial charge in [0.15, 0.2) is 0 Å². The maximum absolute atomic E-state index is 9.64. The van der Waals surface area contributed by atoms with Gasteiger partial charge in [0, 0.05) is 0 Å². The molecule has 0 amide bonds. The van der Waals surface area contributed by atoms with Crippen molar-refractivity contribution in [3.8, 4) is 0 Å². The summed E-state index contributed by atoms with van der Waals surface area (Å²) in [6, 6.07) is 0. The average molecular weight is 338 g/mol. The maximum atomic E-state index is 9.64. The van der Waals surface area contributed by atoms with Gasteiger partial charge in [0.1, 0.15) is 0 Å². The Kier molecular flexibility index (Phi) is 29.2. The van der Waals surface area contributed by atoms with E-state index in [0.29, 0.717) is 0 Å². The topological polar surface area (TPSA) is 74.6 Å². The van der Waals surface area contributed by atoms with Gasteiger partial charge in [-0.15, -0.1) is 0 Å². The zero-order valence-electron chi connectivity index (χ0n) is 15.5. The molecule has 0 aliphatic heterocycles. The first kappa shape index (κ1) is 27.8. The number of aliphatic carboxylic acids is 2. The number of hydrogen-bond acceptors (Lipinski definition) is 2. The van der Waals surface area contributed by atoms with Gasteiger partial charge >= 0.3 is 41.5 Å². The van der Waals surface area contributed by atoms with Crippen molar-refractivity contribution in [2.75, 3.05) is 0 Å². The summed E-state index contributed by atoms with van der Waals surface area (Å²) in [6.45, 7) is 4.51. The van der Waals surface area contributed by atoms with Crippen LogP contribution in [0, 0.1) is 6.42 Å². The first-order valence-electron chi connectivity index (χ1n) is 8.79. The fourth-order valence-electron chi connectivity index (χ4n) is 2.02. The van der Waals surface area contributed by atoms with Gasteiger partial charge in [-0.2, -0.15) is 12.8 Å². The zero-order chi connectivity index (χ0) is 17.1. The molecular formula is C18H35NaO4. The molecule has 0 saturated carbocycles. The normalized spacial score (nSPS) is 9.48. The summed E-state index contributed by atoms with van der Waals surface area (Å²) >= 11 is 0. The second-order valence-corrected chi connectivity index (χ2v) is 5.60. The molecule has 0 bridgehead atoms. The minimum atomic E-state index is -1.08. The number of hydrogen-bond donors (Lipinski definition) is 2. The van der Waals surface area contributed by atoms with E-state index in [0.717, 1.165) is 0 Å². The molecule has 2 N–H and O–H groups in total. The molecule has 0 radical (unpaired) electrons. The monoisotopic (exact) mass is 338 g/mol. The van der Waals surface area contributed by atoms with Crippen LogP contribution in [0.2, 0.25) is 0 Å². The van der Waals surface area contributed by atoms with E-state index < -0.39 is 11.9 Å². The van der Waals surface area contributed by atoms with Gasteiger partial charge in [-0.05, 0) is 0 Å². The Morgan fingerprint density at radius 2 is 1.13 bits per heavy atom. The van der Waals surface area contributed by atoms with E-state index in [1.165, 1.54) is 70.6 Å². The van der Waals surface area contributed by atoms with E-state index in [1.807, 2.05) is 0 Å². The van der Waals surface area contributed by atoms with Crippen molar-refractivity contribution in [2.45, 2.75) is 97.3 Å². The number of carboxylic acid groups (broad SMARTS) is 2. The summed E-state index contributed by atoms with van der Waals surface area (Å²) in [6.07, 6.45) is 17.4. The van der Waals surface area contributed by atoms with Crippen molar-refractivity contribution in [2.24, 2.45) is 0 Å². The Bertz CT molecular complexity index is 231. The van der Waals surface area contributed by atoms with Crippen molar-refractivity contribution in [3.63, 3.8) is 0 Å². The predicted octanol–water partition coefficient (Wildman–Crippen LogP) is 2.46. The minimum absolute atomic E-state index is 0. The van der Waals surface area contributed by atoms with Crippen LogP contribution in [-0.2, 0) is 9.59 Å². The summed E-state index contributed by atoms with van der Waals surface area (Å²) in [7, 11) is 0. The Morgan fingerprint density at radius 1 is 0.739 bits per heavy atom. The molecule has 0 aliphatic carbocycles. The van der Waals surface area contributed by atoms with E-state index in [2.05, 4.69) is 20.3 Å². The second-order valence-electron chi connectivity index (χ2n) is 5.60. The summed E-state index contributed by atoms with van der Waals surface area (Å²) < 4.78 is 0. The standard InChI is InChI=1S/C14H29.C4H6O4.Na/c1-3-5-7-9-11-13-14-12-10-8-6-4-2;5-3(6)1-2-4(7)8;/h5H,3-4,6-14H2,1-2H3;1-2H2,(H,5,6)(H,7,8);/q-1;;+1. The van der Waals surface area contributed by atoms with E-state index in [4.69, 9.17) is 10.2 Å². The summed E-state index contributed by atoms with van der Waals surface area (Å²) in [5.41, 5.74) is 0. The SMILES string of the molecule is CC[CH-]CCCCCCCCCCC.O=C(O)CCC(=O)O.[Na+]. The Morgan fingerprint density at radius 3 is 1.48 bits per heavy atom. The zero-order valence-corrected chi connectivity index (χ0v) is 17.5. The third kappa shape index (κ3) is 34.3. The molecule has 0 atom stereocenters. The summed E-state index contributed by atoms with van der Waals surface area (Å²) in [5.74, 6) is -2.15. The molecule has 0 aromatic heterocycles.